The summed E-state index contributed by atoms with van der Waals surface area (Å²) in [7, 11) is -3.98. The number of aryl methyl sites for hydroxylation is 1. The van der Waals surface area contributed by atoms with Gasteiger partial charge in [-0.25, -0.2) is 17.9 Å². The average molecular weight is 302 g/mol. The standard InChI is InChI=1S/C13H19FN2O3S/c1-4-6-16(5-2)13(17)11-8-10(20(15,18)19)7-9(3)12(11)14/h7-8H,4-6H2,1-3H3,(H2,15,18,19). The van der Waals surface area contributed by atoms with E-state index in [2.05, 4.69) is 0 Å². The molecule has 20 heavy (non-hydrogen) atoms. The zero-order chi connectivity index (χ0) is 15.5. The molecular formula is C13H19FN2O3S. The molecule has 0 saturated heterocycles. The van der Waals surface area contributed by atoms with E-state index in [4.69, 9.17) is 5.14 Å². The number of rotatable bonds is 5. The average Bonchev–Trinajstić information content (AvgIpc) is 2.37. The van der Waals surface area contributed by atoms with Gasteiger partial charge in [0.25, 0.3) is 5.91 Å². The molecule has 2 N–H and O–H groups in total. The van der Waals surface area contributed by atoms with Crippen LogP contribution in [0.5, 0.6) is 0 Å². The predicted octanol–water partition coefficient (Wildman–Crippen LogP) is 1.65. The summed E-state index contributed by atoms with van der Waals surface area (Å²) in [5.74, 6) is -1.24. The number of primary sulfonamides is 1. The molecule has 7 heteroatoms. The summed E-state index contributed by atoms with van der Waals surface area (Å²) in [5.41, 5.74) is -0.184. The Kier molecular flexibility index (Phi) is 5.24. The number of sulfonamides is 1. The van der Waals surface area contributed by atoms with E-state index in [-0.39, 0.29) is 16.0 Å². The Morgan fingerprint density at radius 3 is 2.40 bits per heavy atom. The van der Waals surface area contributed by atoms with Crippen LogP contribution in [0, 0.1) is 12.7 Å². The van der Waals surface area contributed by atoms with Crippen LogP contribution in [0.25, 0.3) is 0 Å². The van der Waals surface area contributed by atoms with E-state index < -0.39 is 21.7 Å². The summed E-state index contributed by atoms with van der Waals surface area (Å²) in [4.78, 5) is 13.5. The van der Waals surface area contributed by atoms with Crippen LogP contribution in [0.3, 0.4) is 0 Å². The van der Waals surface area contributed by atoms with Gasteiger partial charge in [0.15, 0.2) is 0 Å². The quantitative estimate of drug-likeness (QED) is 0.898. The van der Waals surface area contributed by atoms with E-state index >= 15 is 0 Å². The smallest absolute Gasteiger partial charge is 0.256 e. The molecule has 0 unspecified atom stereocenters. The molecule has 1 aromatic carbocycles. The minimum Gasteiger partial charge on any atom is -0.339 e. The van der Waals surface area contributed by atoms with Crippen molar-refractivity contribution in [1.29, 1.82) is 0 Å². The molecule has 0 aromatic heterocycles. The van der Waals surface area contributed by atoms with Crippen LogP contribution in [0.2, 0.25) is 0 Å². The van der Waals surface area contributed by atoms with Crippen molar-refractivity contribution < 1.29 is 17.6 Å². The van der Waals surface area contributed by atoms with Crippen molar-refractivity contribution in [2.75, 3.05) is 13.1 Å². The first kappa shape index (κ1) is 16.6. The molecule has 0 aliphatic heterocycles. The van der Waals surface area contributed by atoms with Crippen LogP contribution in [-0.2, 0) is 10.0 Å². The molecule has 112 valence electrons. The number of amides is 1. The van der Waals surface area contributed by atoms with Crippen molar-refractivity contribution in [3.05, 3.63) is 29.1 Å². The molecule has 1 rings (SSSR count). The molecule has 0 fully saturated rings. The van der Waals surface area contributed by atoms with Gasteiger partial charge in [-0.15, -0.1) is 0 Å². The van der Waals surface area contributed by atoms with Crippen LogP contribution in [0.15, 0.2) is 17.0 Å². The van der Waals surface area contributed by atoms with Crippen LogP contribution in [-0.4, -0.2) is 32.3 Å². The van der Waals surface area contributed by atoms with E-state index in [0.717, 1.165) is 18.6 Å². The van der Waals surface area contributed by atoms with Crippen LogP contribution in [0.1, 0.15) is 36.2 Å². The van der Waals surface area contributed by atoms with Crippen molar-refractivity contribution in [2.24, 2.45) is 5.14 Å². The van der Waals surface area contributed by atoms with Crippen LogP contribution >= 0.6 is 0 Å². The maximum atomic E-state index is 14.1. The highest BCUT2D eigenvalue weighted by Crippen LogP contribution is 2.20. The molecule has 0 aliphatic carbocycles. The Bertz CT molecular complexity index is 614. The lowest BCUT2D eigenvalue weighted by Crippen LogP contribution is -2.32. The second-order valence-electron chi connectivity index (χ2n) is 4.53. The second-order valence-corrected chi connectivity index (χ2v) is 6.09. The first-order valence-electron chi connectivity index (χ1n) is 6.34. The van der Waals surface area contributed by atoms with E-state index in [9.17, 15) is 17.6 Å². The van der Waals surface area contributed by atoms with E-state index in [1.807, 2.05) is 6.92 Å². The Hall–Kier alpha value is -1.47. The molecule has 5 nitrogen and oxygen atoms in total. The number of nitrogens with zero attached hydrogens (tertiary/aromatic N) is 1. The van der Waals surface area contributed by atoms with Crippen molar-refractivity contribution >= 4 is 15.9 Å². The molecule has 0 saturated carbocycles. The largest absolute Gasteiger partial charge is 0.339 e. The number of carbonyl (C=O) groups excluding carboxylic acids is 1. The van der Waals surface area contributed by atoms with Crippen molar-refractivity contribution in [3.63, 3.8) is 0 Å². The summed E-state index contributed by atoms with van der Waals surface area (Å²) < 4.78 is 36.8. The van der Waals surface area contributed by atoms with E-state index in [1.54, 1.807) is 6.92 Å². The number of hydrogen-bond acceptors (Lipinski definition) is 3. The summed E-state index contributed by atoms with van der Waals surface area (Å²) in [6.45, 7) is 5.98. The molecule has 0 bridgehead atoms. The van der Waals surface area contributed by atoms with E-state index in [1.165, 1.54) is 11.8 Å². The molecule has 0 aliphatic rings. The number of benzene rings is 1. The third-order valence-electron chi connectivity index (χ3n) is 2.95. The highest BCUT2D eigenvalue weighted by atomic mass is 32.2. The molecule has 0 radical (unpaired) electrons. The van der Waals surface area contributed by atoms with Gasteiger partial charge in [-0.2, -0.15) is 0 Å². The Labute approximate surface area is 118 Å². The van der Waals surface area contributed by atoms with Crippen molar-refractivity contribution in [3.8, 4) is 0 Å². The highest BCUT2D eigenvalue weighted by molar-refractivity contribution is 7.89. The number of nitrogens with two attached hydrogens (primary N) is 1. The second kappa shape index (κ2) is 6.32. The Balaban J connectivity index is 3.37. The van der Waals surface area contributed by atoms with Gasteiger partial charge < -0.3 is 4.90 Å². The lowest BCUT2D eigenvalue weighted by atomic mass is 10.1. The van der Waals surface area contributed by atoms with E-state index in [0.29, 0.717) is 13.1 Å². The first-order chi connectivity index (χ1) is 9.22. The third kappa shape index (κ3) is 3.55. The number of carbonyl (C=O) groups is 1. The summed E-state index contributed by atoms with van der Waals surface area (Å²) >= 11 is 0. The predicted molar refractivity (Wildman–Crippen MR) is 74.4 cm³/mol. The zero-order valence-electron chi connectivity index (χ0n) is 11.8. The summed E-state index contributed by atoms with van der Waals surface area (Å²) in [6, 6.07) is 2.12. The summed E-state index contributed by atoms with van der Waals surface area (Å²) in [5, 5.41) is 5.04. The topological polar surface area (TPSA) is 80.5 Å². The third-order valence-corrected chi connectivity index (χ3v) is 3.84. The van der Waals surface area contributed by atoms with Gasteiger partial charge in [0.2, 0.25) is 10.0 Å². The SMILES string of the molecule is CCCN(CC)C(=O)c1cc(S(N)(=O)=O)cc(C)c1F. The lowest BCUT2D eigenvalue weighted by Gasteiger charge is -2.21. The fourth-order valence-electron chi connectivity index (χ4n) is 1.90. The maximum Gasteiger partial charge on any atom is 0.256 e. The van der Waals surface area contributed by atoms with Crippen molar-refractivity contribution in [1.82, 2.24) is 4.90 Å². The molecule has 1 aromatic rings. The Morgan fingerprint density at radius 2 is 1.95 bits per heavy atom. The fraction of sp³-hybridized carbons (Fsp3) is 0.462. The van der Waals surface area contributed by atoms with Gasteiger partial charge in [-0.3, -0.25) is 4.79 Å². The Morgan fingerprint density at radius 1 is 1.35 bits per heavy atom. The lowest BCUT2D eigenvalue weighted by molar-refractivity contribution is 0.0759. The first-order valence-corrected chi connectivity index (χ1v) is 7.89. The highest BCUT2D eigenvalue weighted by Gasteiger charge is 2.22. The molecular weight excluding hydrogens is 283 g/mol. The van der Waals surface area contributed by atoms with Gasteiger partial charge in [-0.1, -0.05) is 6.92 Å². The fourth-order valence-corrected chi connectivity index (χ4v) is 2.52. The van der Waals surface area contributed by atoms with Crippen molar-refractivity contribution in [2.45, 2.75) is 32.1 Å². The monoisotopic (exact) mass is 302 g/mol. The zero-order valence-corrected chi connectivity index (χ0v) is 12.6. The minimum absolute atomic E-state index is 0.0763. The normalized spacial score (nSPS) is 11.4. The van der Waals surface area contributed by atoms with Gasteiger partial charge in [0.1, 0.15) is 5.82 Å². The van der Waals surface area contributed by atoms with Gasteiger partial charge in [0, 0.05) is 13.1 Å². The summed E-state index contributed by atoms with van der Waals surface area (Å²) in [6.07, 6.45) is 0.731. The van der Waals surface area contributed by atoms with Crippen LogP contribution in [0.4, 0.5) is 4.39 Å². The maximum absolute atomic E-state index is 14.1. The number of hydrogen-bond donors (Lipinski definition) is 1. The molecule has 0 spiro atoms. The van der Waals surface area contributed by atoms with Gasteiger partial charge >= 0.3 is 0 Å². The number of halogens is 1. The molecule has 0 atom stereocenters. The van der Waals surface area contributed by atoms with Crippen LogP contribution < -0.4 is 5.14 Å². The van der Waals surface area contributed by atoms with Gasteiger partial charge in [0.05, 0.1) is 10.5 Å². The minimum atomic E-state index is -3.98. The molecule has 1 amide bonds. The molecule has 0 heterocycles. The van der Waals surface area contributed by atoms with Gasteiger partial charge in [-0.05, 0) is 38.0 Å².